The molecule has 27 heavy (non-hydrogen) atoms. The van der Waals surface area contributed by atoms with Crippen molar-refractivity contribution < 1.29 is 9.21 Å². The summed E-state index contributed by atoms with van der Waals surface area (Å²) in [6, 6.07) is 10.3. The summed E-state index contributed by atoms with van der Waals surface area (Å²) in [5.41, 5.74) is 1.55. The second-order valence-electron chi connectivity index (χ2n) is 6.95. The van der Waals surface area contributed by atoms with Crippen molar-refractivity contribution in [3.8, 4) is 11.3 Å². The molecule has 0 spiro atoms. The summed E-state index contributed by atoms with van der Waals surface area (Å²) in [6.07, 6.45) is 1.89. The summed E-state index contributed by atoms with van der Waals surface area (Å²) in [4.78, 5) is 16.3. The number of unbranched alkanes of at least 4 members (excludes halogenated alkanes) is 1. The average molecular weight is 389 g/mol. The normalized spacial score (nSPS) is 17.4. The number of urea groups is 1. The second-order valence-corrected chi connectivity index (χ2v) is 7.39. The Bertz CT molecular complexity index is 816. The zero-order valence-corrected chi connectivity index (χ0v) is 16.4. The van der Waals surface area contributed by atoms with E-state index in [2.05, 4.69) is 11.5 Å². The molecule has 1 aliphatic rings. The van der Waals surface area contributed by atoms with Gasteiger partial charge in [0.05, 0.1) is 0 Å². The average Bonchev–Trinajstić information content (AvgIpc) is 3.18. The van der Waals surface area contributed by atoms with E-state index in [0.717, 1.165) is 24.9 Å². The summed E-state index contributed by atoms with van der Waals surface area (Å²) in [5, 5.41) is 1.86. The first kappa shape index (κ1) is 19.5. The largest absolute Gasteiger partial charge is 0.458 e. The number of hydrazine groups is 1. The van der Waals surface area contributed by atoms with Gasteiger partial charge in [-0.2, -0.15) is 0 Å². The zero-order valence-electron chi connectivity index (χ0n) is 15.7. The number of nitrogens with zero attached hydrogens (tertiary/aromatic N) is 3. The van der Waals surface area contributed by atoms with Crippen LogP contribution < -0.4 is 5.84 Å². The number of carbonyl (C=O) groups is 1. The van der Waals surface area contributed by atoms with Crippen LogP contribution in [-0.2, 0) is 0 Å². The maximum atomic E-state index is 12.5. The summed E-state index contributed by atoms with van der Waals surface area (Å²) in [6.45, 7) is 5.67. The van der Waals surface area contributed by atoms with Crippen molar-refractivity contribution >= 4 is 17.6 Å². The Hall–Kier alpha value is -2.28. The highest BCUT2D eigenvalue weighted by molar-refractivity contribution is 6.30. The fraction of sp³-hybridized carbons (Fsp3) is 0.350. The molecular formula is C20H25ClN4O2. The molecule has 6 nitrogen and oxygen atoms in total. The predicted molar refractivity (Wildman–Crippen MR) is 107 cm³/mol. The lowest BCUT2D eigenvalue weighted by Crippen LogP contribution is -2.37. The topological polar surface area (TPSA) is 66.0 Å². The van der Waals surface area contributed by atoms with E-state index in [-0.39, 0.29) is 6.03 Å². The molecule has 2 aromatic rings. The van der Waals surface area contributed by atoms with Gasteiger partial charge < -0.3 is 9.32 Å². The minimum atomic E-state index is -0.493. The van der Waals surface area contributed by atoms with Gasteiger partial charge >= 0.3 is 6.03 Å². The molecule has 2 N–H and O–H groups in total. The molecule has 1 aromatic heterocycles. The molecule has 144 valence electrons. The van der Waals surface area contributed by atoms with Crippen molar-refractivity contribution in [3.63, 3.8) is 0 Å². The molecule has 0 aliphatic carbocycles. The van der Waals surface area contributed by atoms with E-state index >= 15 is 0 Å². The lowest BCUT2D eigenvalue weighted by Gasteiger charge is -2.17. The highest BCUT2D eigenvalue weighted by Gasteiger charge is 2.41. The van der Waals surface area contributed by atoms with Crippen LogP contribution in [0.25, 0.3) is 11.3 Å². The second kappa shape index (κ2) is 8.17. The first-order valence-electron chi connectivity index (χ1n) is 8.93. The number of furan rings is 1. The van der Waals surface area contributed by atoms with E-state index in [1.54, 1.807) is 4.90 Å². The molecule has 7 heteroatoms. The molecule has 0 radical (unpaired) electrons. The quantitative estimate of drug-likeness (QED) is 0.440. The Kier molecular flexibility index (Phi) is 5.89. The number of hydrogen-bond donors (Lipinski definition) is 1. The fourth-order valence-corrected chi connectivity index (χ4v) is 3.31. The van der Waals surface area contributed by atoms with E-state index in [1.165, 1.54) is 5.01 Å². The smallest absolute Gasteiger partial charge is 0.339 e. The Morgan fingerprint density at radius 3 is 2.56 bits per heavy atom. The molecule has 1 unspecified atom stereocenters. The van der Waals surface area contributed by atoms with Gasteiger partial charge in [0.2, 0.25) is 0 Å². The van der Waals surface area contributed by atoms with Gasteiger partial charge in [-0.15, -0.1) is 0 Å². The molecular weight excluding hydrogens is 364 g/mol. The summed E-state index contributed by atoms with van der Waals surface area (Å²) in [5.74, 6) is 7.34. The summed E-state index contributed by atoms with van der Waals surface area (Å²) >= 11 is 5.94. The lowest BCUT2D eigenvalue weighted by molar-refractivity contribution is 0.184. The zero-order chi connectivity index (χ0) is 19.6. The van der Waals surface area contributed by atoms with E-state index in [9.17, 15) is 4.79 Å². The molecule has 0 saturated carbocycles. The number of amides is 2. The van der Waals surface area contributed by atoms with Crippen LogP contribution in [0.5, 0.6) is 0 Å². The molecule has 2 amide bonds. The Morgan fingerprint density at radius 1 is 1.19 bits per heavy atom. The molecule has 1 saturated heterocycles. The van der Waals surface area contributed by atoms with Gasteiger partial charge in [0.25, 0.3) is 0 Å². The molecule has 1 fully saturated rings. The van der Waals surface area contributed by atoms with E-state index in [0.29, 0.717) is 28.8 Å². The Labute approximate surface area is 164 Å². The third-order valence-electron chi connectivity index (χ3n) is 4.65. The van der Waals surface area contributed by atoms with Gasteiger partial charge in [-0.05, 0) is 69.9 Å². The monoisotopic (exact) mass is 388 g/mol. The first-order valence-corrected chi connectivity index (χ1v) is 9.31. The van der Waals surface area contributed by atoms with E-state index < -0.39 is 6.04 Å². The third-order valence-corrected chi connectivity index (χ3v) is 4.91. The standard InChI is InChI=1S/C20H25ClN4O2/c1-14-19(25(22)20(26)24(14)13-5-4-12-23(2)3)18-11-10-17(27-18)15-6-8-16(21)9-7-15/h6-11,19H,1,4-5,12-13,22H2,2-3H3. The number of halogens is 1. The van der Waals surface area contributed by atoms with Crippen molar-refractivity contribution in [2.24, 2.45) is 5.84 Å². The molecule has 3 rings (SSSR count). The maximum absolute atomic E-state index is 12.5. The van der Waals surface area contributed by atoms with Gasteiger partial charge in [0.15, 0.2) is 0 Å². The molecule has 1 atom stereocenters. The minimum Gasteiger partial charge on any atom is -0.458 e. The van der Waals surface area contributed by atoms with Gasteiger partial charge in [0, 0.05) is 22.8 Å². The van der Waals surface area contributed by atoms with Crippen molar-refractivity contribution in [1.29, 1.82) is 0 Å². The predicted octanol–water partition coefficient (Wildman–Crippen LogP) is 4.11. The Morgan fingerprint density at radius 2 is 1.89 bits per heavy atom. The molecule has 1 aromatic carbocycles. The van der Waals surface area contributed by atoms with Crippen LogP contribution in [0, 0.1) is 0 Å². The molecule has 2 heterocycles. The van der Waals surface area contributed by atoms with Crippen LogP contribution >= 0.6 is 11.6 Å². The van der Waals surface area contributed by atoms with Crippen LogP contribution in [-0.4, -0.2) is 48.0 Å². The number of nitrogens with two attached hydrogens (primary N) is 1. The summed E-state index contributed by atoms with van der Waals surface area (Å²) < 4.78 is 5.98. The first-order chi connectivity index (χ1) is 12.9. The number of rotatable bonds is 7. The minimum absolute atomic E-state index is 0.251. The van der Waals surface area contributed by atoms with Crippen molar-refractivity contribution in [3.05, 3.63) is 59.5 Å². The highest BCUT2D eigenvalue weighted by Crippen LogP contribution is 2.37. The third kappa shape index (κ3) is 4.18. The highest BCUT2D eigenvalue weighted by atomic mass is 35.5. The molecule has 0 bridgehead atoms. The van der Waals surface area contributed by atoms with Gasteiger partial charge in [-0.25, -0.2) is 15.6 Å². The SMILES string of the molecule is C=C1C(c2ccc(-c3ccc(Cl)cc3)o2)N(N)C(=O)N1CCCCN(C)C. The van der Waals surface area contributed by atoms with Crippen LogP contribution in [0.3, 0.4) is 0 Å². The van der Waals surface area contributed by atoms with E-state index in [1.807, 2.05) is 50.5 Å². The number of benzene rings is 1. The van der Waals surface area contributed by atoms with Crippen molar-refractivity contribution in [2.45, 2.75) is 18.9 Å². The summed E-state index contributed by atoms with van der Waals surface area (Å²) in [7, 11) is 4.07. The number of carbonyl (C=O) groups excluding carboxylic acids is 1. The van der Waals surface area contributed by atoms with Crippen LogP contribution in [0.2, 0.25) is 5.02 Å². The van der Waals surface area contributed by atoms with Gasteiger partial charge in [0.1, 0.15) is 17.6 Å². The van der Waals surface area contributed by atoms with Gasteiger partial charge in [-0.1, -0.05) is 18.2 Å². The van der Waals surface area contributed by atoms with Crippen LogP contribution in [0.4, 0.5) is 4.79 Å². The van der Waals surface area contributed by atoms with Crippen molar-refractivity contribution in [2.75, 3.05) is 27.2 Å². The molecule has 1 aliphatic heterocycles. The Balaban J connectivity index is 1.72. The fourth-order valence-electron chi connectivity index (χ4n) is 3.19. The lowest BCUT2D eigenvalue weighted by atomic mass is 10.1. The number of hydrogen-bond acceptors (Lipinski definition) is 4. The van der Waals surface area contributed by atoms with Crippen molar-refractivity contribution in [1.82, 2.24) is 14.8 Å². The van der Waals surface area contributed by atoms with Crippen LogP contribution in [0.1, 0.15) is 24.6 Å². The van der Waals surface area contributed by atoms with E-state index in [4.69, 9.17) is 21.9 Å². The van der Waals surface area contributed by atoms with Crippen LogP contribution in [0.15, 0.2) is 53.1 Å². The van der Waals surface area contributed by atoms with Gasteiger partial charge in [-0.3, -0.25) is 4.90 Å². The maximum Gasteiger partial charge on any atom is 0.339 e.